The quantitative estimate of drug-likeness (QED) is 0.174. The van der Waals surface area contributed by atoms with Crippen LogP contribution in [0.15, 0.2) is 180 Å². The molecule has 0 bridgehead atoms. The van der Waals surface area contributed by atoms with Crippen molar-refractivity contribution in [2.24, 2.45) is 0 Å². The van der Waals surface area contributed by atoms with E-state index in [0.29, 0.717) is 17.5 Å². The summed E-state index contributed by atoms with van der Waals surface area (Å²) in [5.41, 5.74) is 6.55. The molecule has 0 radical (unpaired) electrons. The Kier molecular flexibility index (Phi) is 6.52. The van der Waals surface area contributed by atoms with E-state index in [2.05, 4.69) is 133 Å². The van der Waals surface area contributed by atoms with Gasteiger partial charge in [-0.15, -0.1) is 0 Å². The van der Waals surface area contributed by atoms with Gasteiger partial charge in [-0.3, -0.25) is 0 Å². The maximum absolute atomic E-state index is 6.75. The number of hydrogen-bond acceptors (Lipinski definition) is 4. The fourth-order valence-corrected chi connectivity index (χ4v) is 7.93. The van der Waals surface area contributed by atoms with Crippen LogP contribution >= 0.6 is 0 Å². The highest BCUT2D eigenvalue weighted by Crippen LogP contribution is 2.42. The van der Waals surface area contributed by atoms with Gasteiger partial charge in [-0.1, -0.05) is 158 Å². The fraction of sp³-hybridized carbons (Fsp3) is 0. The zero-order valence-corrected chi connectivity index (χ0v) is 28.5. The van der Waals surface area contributed by atoms with Crippen molar-refractivity contribution >= 4 is 65.0 Å². The second-order valence-corrected chi connectivity index (χ2v) is 13.6. The van der Waals surface area contributed by atoms with E-state index in [1.165, 1.54) is 37.7 Å². The molecule has 9 aromatic carbocycles. The Balaban J connectivity index is 1.10. The molecule has 0 aliphatic heterocycles. The number of nitrogens with zero attached hydrogens (tertiary/aromatic N) is 3. The summed E-state index contributed by atoms with van der Waals surface area (Å²) >= 11 is 0. The summed E-state index contributed by atoms with van der Waals surface area (Å²) in [6, 6.07) is 61.6. The molecule has 2 heterocycles. The summed E-state index contributed by atoms with van der Waals surface area (Å²) in [6.07, 6.45) is 0. The van der Waals surface area contributed by atoms with Crippen molar-refractivity contribution in [1.82, 2.24) is 15.0 Å². The molecule has 0 spiro atoms. The number of rotatable bonds is 4. The number of hydrogen-bond donors (Lipinski definition) is 0. The normalized spacial score (nSPS) is 11.8. The monoisotopic (exact) mass is 675 g/mol. The molecule has 2 aromatic heterocycles. The second kappa shape index (κ2) is 11.7. The Morgan fingerprint density at radius 2 is 0.925 bits per heavy atom. The van der Waals surface area contributed by atoms with Gasteiger partial charge in [-0.2, -0.15) is 0 Å². The molecule has 4 nitrogen and oxygen atoms in total. The van der Waals surface area contributed by atoms with Crippen molar-refractivity contribution in [3.63, 3.8) is 0 Å². The van der Waals surface area contributed by atoms with E-state index in [0.717, 1.165) is 55.1 Å². The zero-order chi connectivity index (χ0) is 34.9. The first kappa shape index (κ1) is 29.5. The standard InChI is InChI=1S/C49H29N3O/c1-2-12-33(13-3-1)47-50-48(37-25-20-30-10-4-5-14-34(30)28-37)52-49(51-47)42-18-9-19-43-45(42)41-17-8-16-40(46(41)53-43)36-26-27-39-35(29-36)24-23-32-22-21-31-11-6-7-15-38(31)44(32)39/h1-29H. The van der Waals surface area contributed by atoms with Crippen LogP contribution in [-0.4, -0.2) is 15.0 Å². The zero-order valence-electron chi connectivity index (χ0n) is 28.5. The molecule has 0 N–H and O–H groups in total. The molecule has 0 amide bonds. The van der Waals surface area contributed by atoms with Gasteiger partial charge in [-0.05, 0) is 66.9 Å². The summed E-state index contributed by atoms with van der Waals surface area (Å²) in [4.78, 5) is 15.2. The van der Waals surface area contributed by atoms with Crippen LogP contribution in [0.3, 0.4) is 0 Å². The van der Waals surface area contributed by atoms with E-state index >= 15 is 0 Å². The number of furan rings is 1. The van der Waals surface area contributed by atoms with Crippen LogP contribution in [0, 0.1) is 0 Å². The van der Waals surface area contributed by atoms with E-state index in [4.69, 9.17) is 19.4 Å². The summed E-state index contributed by atoms with van der Waals surface area (Å²) in [5, 5.41) is 11.8. The molecule has 0 fully saturated rings. The van der Waals surface area contributed by atoms with E-state index in [9.17, 15) is 0 Å². The Morgan fingerprint density at radius 1 is 0.321 bits per heavy atom. The first-order valence-corrected chi connectivity index (χ1v) is 17.9. The molecule has 11 aromatic rings. The lowest BCUT2D eigenvalue weighted by molar-refractivity contribution is 0.670. The third-order valence-electron chi connectivity index (χ3n) is 10.5. The van der Waals surface area contributed by atoms with Crippen molar-refractivity contribution in [2.45, 2.75) is 0 Å². The van der Waals surface area contributed by atoms with Crippen molar-refractivity contribution in [3.8, 4) is 45.3 Å². The molecule has 11 rings (SSSR count). The predicted molar refractivity (Wildman–Crippen MR) is 219 cm³/mol. The maximum Gasteiger partial charge on any atom is 0.164 e. The lowest BCUT2D eigenvalue weighted by Crippen LogP contribution is -2.00. The van der Waals surface area contributed by atoms with Crippen LogP contribution in [0.2, 0.25) is 0 Å². The minimum atomic E-state index is 0.602. The fourth-order valence-electron chi connectivity index (χ4n) is 7.93. The van der Waals surface area contributed by atoms with Gasteiger partial charge >= 0.3 is 0 Å². The SMILES string of the molecule is c1ccc(-c2nc(-c3ccc4ccccc4c3)nc(-c3cccc4oc5c(-c6ccc7c(ccc8ccc9ccccc9c87)c6)cccc5c34)n2)cc1. The highest BCUT2D eigenvalue weighted by atomic mass is 16.3. The lowest BCUT2D eigenvalue weighted by atomic mass is 9.93. The second-order valence-electron chi connectivity index (χ2n) is 13.6. The predicted octanol–water partition coefficient (Wildman–Crippen LogP) is 13.1. The Labute approximate surface area is 304 Å². The minimum absolute atomic E-state index is 0.602. The molecule has 246 valence electrons. The molecule has 0 unspecified atom stereocenters. The molecule has 0 saturated heterocycles. The van der Waals surface area contributed by atoms with Crippen LogP contribution in [-0.2, 0) is 0 Å². The van der Waals surface area contributed by atoms with Crippen molar-refractivity contribution < 1.29 is 4.42 Å². The molecule has 53 heavy (non-hydrogen) atoms. The minimum Gasteiger partial charge on any atom is -0.455 e. The number of fused-ring (bicyclic) bond motifs is 9. The van der Waals surface area contributed by atoms with E-state index in [1.807, 2.05) is 42.5 Å². The van der Waals surface area contributed by atoms with Crippen LogP contribution in [0.1, 0.15) is 0 Å². The lowest BCUT2D eigenvalue weighted by Gasteiger charge is -2.10. The first-order chi connectivity index (χ1) is 26.2. The van der Waals surface area contributed by atoms with Gasteiger partial charge in [0.15, 0.2) is 17.5 Å². The van der Waals surface area contributed by atoms with Gasteiger partial charge in [0.05, 0.1) is 0 Å². The average molecular weight is 676 g/mol. The highest BCUT2D eigenvalue weighted by molar-refractivity contribution is 6.21. The van der Waals surface area contributed by atoms with Gasteiger partial charge in [-0.25, -0.2) is 15.0 Å². The van der Waals surface area contributed by atoms with Crippen molar-refractivity contribution in [3.05, 3.63) is 176 Å². The van der Waals surface area contributed by atoms with Gasteiger partial charge in [0.1, 0.15) is 11.2 Å². The molecule has 0 atom stereocenters. The van der Waals surface area contributed by atoms with Crippen molar-refractivity contribution in [1.29, 1.82) is 0 Å². The van der Waals surface area contributed by atoms with Crippen LogP contribution in [0.5, 0.6) is 0 Å². The van der Waals surface area contributed by atoms with Crippen LogP contribution in [0.4, 0.5) is 0 Å². The first-order valence-electron chi connectivity index (χ1n) is 17.9. The highest BCUT2D eigenvalue weighted by Gasteiger charge is 2.20. The molecular weight excluding hydrogens is 647 g/mol. The summed E-state index contributed by atoms with van der Waals surface area (Å²) < 4.78 is 6.75. The Morgan fingerprint density at radius 3 is 1.81 bits per heavy atom. The number of benzene rings is 9. The third-order valence-corrected chi connectivity index (χ3v) is 10.5. The molecule has 0 aliphatic rings. The Hall–Kier alpha value is -7.17. The van der Waals surface area contributed by atoms with Gasteiger partial charge in [0, 0.05) is 33.0 Å². The van der Waals surface area contributed by atoms with Gasteiger partial charge < -0.3 is 4.42 Å². The Bertz CT molecular complexity index is 3240. The number of aromatic nitrogens is 3. The van der Waals surface area contributed by atoms with Gasteiger partial charge in [0.25, 0.3) is 0 Å². The molecule has 0 aliphatic carbocycles. The van der Waals surface area contributed by atoms with Crippen LogP contribution < -0.4 is 0 Å². The van der Waals surface area contributed by atoms with E-state index in [1.54, 1.807) is 0 Å². The van der Waals surface area contributed by atoms with E-state index in [-0.39, 0.29) is 0 Å². The molecule has 0 saturated carbocycles. The summed E-state index contributed by atoms with van der Waals surface area (Å²) in [6.45, 7) is 0. The van der Waals surface area contributed by atoms with Crippen LogP contribution in [0.25, 0.3) is 110 Å². The van der Waals surface area contributed by atoms with Gasteiger partial charge in [0.2, 0.25) is 0 Å². The summed E-state index contributed by atoms with van der Waals surface area (Å²) in [7, 11) is 0. The molecular formula is C49H29N3O. The topological polar surface area (TPSA) is 51.8 Å². The smallest absolute Gasteiger partial charge is 0.164 e. The van der Waals surface area contributed by atoms with E-state index < -0.39 is 0 Å². The maximum atomic E-state index is 6.75. The summed E-state index contributed by atoms with van der Waals surface area (Å²) in [5.74, 6) is 1.85. The average Bonchev–Trinajstić information content (AvgIpc) is 3.62. The number of para-hydroxylation sites is 1. The molecule has 4 heteroatoms. The largest absolute Gasteiger partial charge is 0.455 e. The van der Waals surface area contributed by atoms with Crippen molar-refractivity contribution in [2.75, 3.05) is 0 Å². The third kappa shape index (κ3) is 4.80.